The van der Waals surface area contributed by atoms with Gasteiger partial charge in [-0.25, -0.2) is 0 Å². The number of amides is 1. The quantitative estimate of drug-likeness (QED) is 0.465. The maximum absolute atomic E-state index is 11.8. The maximum Gasteiger partial charge on any atom is 0.253 e. The Labute approximate surface area is 101 Å². The third-order valence-electron chi connectivity index (χ3n) is 2.34. The molecule has 0 radical (unpaired) electrons. The molecule has 0 aliphatic carbocycles. The summed E-state index contributed by atoms with van der Waals surface area (Å²) in [6.45, 7) is 2.55. The molecule has 0 bridgehead atoms. The number of carbonyl (C=O) groups is 1. The van der Waals surface area contributed by atoms with Gasteiger partial charge < -0.3 is 15.8 Å². The summed E-state index contributed by atoms with van der Waals surface area (Å²) in [5.41, 5.74) is 6.68. The highest BCUT2D eigenvalue weighted by Crippen LogP contribution is 2.19. The largest absolute Gasteiger partial charge is 0.497 e. The van der Waals surface area contributed by atoms with Crippen molar-refractivity contribution in [3.05, 3.63) is 35.9 Å². The second-order valence-electron chi connectivity index (χ2n) is 3.57. The first-order valence-electron chi connectivity index (χ1n) is 5.52. The van der Waals surface area contributed by atoms with E-state index in [4.69, 9.17) is 10.5 Å². The van der Waals surface area contributed by atoms with Crippen molar-refractivity contribution in [2.75, 3.05) is 19.4 Å². The second-order valence-corrected chi connectivity index (χ2v) is 3.57. The molecule has 0 saturated heterocycles. The van der Waals surface area contributed by atoms with E-state index in [-0.39, 0.29) is 5.91 Å². The highest BCUT2D eigenvalue weighted by Gasteiger charge is 2.09. The van der Waals surface area contributed by atoms with Gasteiger partial charge in [0.1, 0.15) is 5.75 Å². The lowest BCUT2D eigenvalue weighted by Crippen LogP contribution is -2.25. The van der Waals surface area contributed by atoms with Gasteiger partial charge in [0, 0.05) is 18.3 Å². The van der Waals surface area contributed by atoms with Crippen molar-refractivity contribution in [3.63, 3.8) is 0 Å². The molecule has 0 heterocycles. The summed E-state index contributed by atoms with van der Waals surface area (Å²) < 4.78 is 5.02. The van der Waals surface area contributed by atoms with Crippen LogP contribution in [0.5, 0.6) is 5.75 Å². The van der Waals surface area contributed by atoms with Gasteiger partial charge >= 0.3 is 0 Å². The first-order chi connectivity index (χ1) is 8.19. The van der Waals surface area contributed by atoms with Gasteiger partial charge in [-0.2, -0.15) is 0 Å². The van der Waals surface area contributed by atoms with E-state index in [1.54, 1.807) is 25.3 Å². The number of rotatable bonds is 5. The Kier molecular flexibility index (Phi) is 5.07. The number of benzene rings is 1. The van der Waals surface area contributed by atoms with E-state index in [9.17, 15) is 4.79 Å². The van der Waals surface area contributed by atoms with E-state index in [2.05, 4.69) is 5.32 Å². The molecule has 1 aromatic rings. The SMILES string of the molecule is C/C=C/CCNC(=O)c1ccc(OC)cc1N. The van der Waals surface area contributed by atoms with Crippen molar-refractivity contribution in [2.24, 2.45) is 0 Å². The number of methoxy groups -OCH3 is 1. The van der Waals surface area contributed by atoms with Crippen LogP contribution in [0, 0.1) is 0 Å². The van der Waals surface area contributed by atoms with Crippen LogP contribution in [0.3, 0.4) is 0 Å². The predicted octanol–water partition coefficient (Wildman–Crippen LogP) is 1.97. The molecule has 0 unspecified atom stereocenters. The number of nitrogen functional groups attached to an aromatic ring is 1. The zero-order chi connectivity index (χ0) is 12.7. The highest BCUT2D eigenvalue weighted by atomic mass is 16.5. The Hall–Kier alpha value is -1.97. The molecule has 4 nitrogen and oxygen atoms in total. The number of hydrogen-bond donors (Lipinski definition) is 2. The van der Waals surface area contributed by atoms with Gasteiger partial charge in [-0.3, -0.25) is 4.79 Å². The van der Waals surface area contributed by atoms with E-state index in [1.165, 1.54) is 0 Å². The van der Waals surface area contributed by atoms with E-state index in [0.29, 0.717) is 23.5 Å². The van der Waals surface area contributed by atoms with E-state index in [1.807, 2.05) is 19.1 Å². The van der Waals surface area contributed by atoms with Gasteiger partial charge in [0.25, 0.3) is 5.91 Å². The summed E-state index contributed by atoms with van der Waals surface area (Å²) >= 11 is 0. The van der Waals surface area contributed by atoms with Crippen LogP contribution in [0.4, 0.5) is 5.69 Å². The molecular formula is C13H18N2O2. The fourth-order valence-corrected chi connectivity index (χ4v) is 1.41. The minimum atomic E-state index is -0.158. The molecule has 17 heavy (non-hydrogen) atoms. The average molecular weight is 234 g/mol. The minimum Gasteiger partial charge on any atom is -0.497 e. The first kappa shape index (κ1) is 13.1. The molecular weight excluding hydrogens is 216 g/mol. The Morgan fingerprint density at radius 1 is 1.53 bits per heavy atom. The molecule has 0 aromatic heterocycles. The second kappa shape index (κ2) is 6.58. The average Bonchev–Trinajstić information content (AvgIpc) is 2.34. The van der Waals surface area contributed by atoms with Gasteiger partial charge in [-0.15, -0.1) is 0 Å². The minimum absolute atomic E-state index is 0.158. The molecule has 1 rings (SSSR count). The van der Waals surface area contributed by atoms with Gasteiger partial charge in [0.2, 0.25) is 0 Å². The lowest BCUT2D eigenvalue weighted by molar-refractivity contribution is 0.0955. The Bertz CT molecular complexity index is 414. The molecule has 4 heteroatoms. The van der Waals surface area contributed by atoms with Crippen LogP contribution in [-0.2, 0) is 0 Å². The number of anilines is 1. The zero-order valence-electron chi connectivity index (χ0n) is 10.2. The molecule has 0 aliphatic heterocycles. The number of hydrogen-bond acceptors (Lipinski definition) is 3. The third kappa shape index (κ3) is 3.83. The predicted molar refractivity (Wildman–Crippen MR) is 69.2 cm³/mol. The summed E-state index contributed by atoms with van der Waals surface area (Å²) in [6, 6.07) is 5.03. The third-order valence-corrected chi connectivity index (χ3v) is 2.34. The van der Waals surface area contributed by atoms with Crippen molar-refractivity contribution in [2.45, 2.75) is 13.3 Å². The Morgan fingerprint density at radius 2 is 2.29 bits per heavy atom. The molecule has 0 aliphatic rings. The van der Waals surface area contributed by atoms with Crippen LogP contribution >= 0.6 is 0 Å². The summed E-state index contributed by atoms with van der Waals surface area (Å²) in [7, 11) is 1.56. The van der Waals surface area contributed by atoms with Crippen LogP contribution in [0.25, 0.3) is 0 Å². The summed E-state index contributed by atoms with van der Waals surface area (Å²) in [5, 5.41) is 2.80. The highest BCUT2D eigenvalue weighted by molar-refractivity contribution is 5.99. The van der Waals surface area contributed by atoms with Crippen molar-refractivity contribution in [1.82, 2.24) is 5.32 Å². The van der Waals surface area contributed by atoms with Crippen LogP contribution in [0.2, 0.25) is 0 Å². The topological polar surface area (TPSA) is 64.3 Å². The number of nitrogens with one attached hydrogen (secondary N) is 1. The van der Waals surface area contributed by atoms with Crippen LogP contribution in [0.1, 0.15) is 23.7 Å². The maximum atomic E-state index is 11.8. The molecule has 0 atom stereocenters. The van der Waals surface area contributed by atoms with E-state index < -0.39 is 0 Å². The smallest absolute Gasteiger partial charge is 0.253 e. The monoisotopic (exact) mass is 234 g/mol. The molecule has 92 valence electrons. The van der Waals surface area contributed by atoms with Crippen molar-refractivity contribution in [3.8, 4) is 5.75 Å². The normalized spacial score (nSPS) is 10.5. The Balaban J connectivity index is 2.62. The molecule has 0 spiro atoms. The van der Waals surface area contributed by atoms with Gasteiger partial charge in [-0.1, -0.05) is 12.2 Å². The van der Waals surface area contributed by atoms with E-state index in [0.717, 1.165) is 6.42 Å². The molecule has 1 amide bonds. The van der Waals surface area contributed by atoms with Crippen molar-refractivity contribution >= 4 is 11.6 Å². The van der Waals surface area contributed by atoms with Crippen molar-refractivity contribution in [1.29, 1.82) is 0 Å². The number of nitrogens with two attached hydrogens (primary N) is 1. The van der Waals surface area contributed by atoms with Gasteiger partial charge in [0.05, 0.1) is 12.7 Å². The lowest BCUT2D eigenvalue weighted by atomic mass is 10.1. The molecule has 3 N–H and O–H groups in total. The summed E-state index contributed by atoms with van der Waals surface area (Å²) in [5.74, 6) is 0.489. The number of carbonyl (C=O) groups excluding carboxylic acids is 1. The molecule has 1 aromatic carbocycles. The fraction of sp³-hybridized carbons (Fsp3) is 0.308. The van der Waals surface area contributed by atoms with Crippen LogP contribution in [-0.4, -0.2) is 19.6 Å². The zero-order valence-corrected chi connectivity index (χ0v) is 10.2. The summed E-state index contributed by atoms with van der Waals surface area (Å²) in [6.07, 6.45) is 4.77. The van der Waals surface area contributed by atoms with Gasteiger partial charge in [0.15, 0.2) is 0 Å². The number of allylic oxidation sites excluding steroid dienone is 1. The number of ether oxygens (including phenoxy) is 1. The van der Waals surface area contributed by atoms with Crippen molar-refractivity contribution < 1.29 is 9.53 Å². The Morgan fingerprint density at radius 3 is 2.88 bits per heavy atom. The lowest BCUT2D eigenvalue weighted by Gasteiger charge is -2.08. The van der Waals surface area contributed by atoms with Crippen LogP contribution in [0.15, 0.2) is 30.4 Å². The standard InChI is InChI=1S/C13H18N2O2/c1-3-4-5-8-15-13(16)11-7-6-10(17-2)9-12(11)14/h3-4,6-7,9H,5,8,14H2,1-2H3,(H,15,16)/b4-3+. The summed E-state index contributed by atoms with van der Waals surface area (Å²) in [4.78, 5) is 11.8. The van der Waals surface area contributed by atoms with Crippen LogP contribution < -0.4 is 15.8 Å². The molecule has 0 saturated carbocycles. The van der Waals surface area contributed by atoms with Gasteiger partial charge in [-0.05, 0) is 25.5 Å². The molecule has 0 fully saturated rings. The fourth-order valence-electron chi connectivity index (χ4n) is 1.41. The van der Waals surface area contributed by atoms with E-state index >= 15 is 0 Å². The first-order valence-corrected chi connectivity index (χ1v) is 5.52.